The van der Waals surface area contributed by atoms with Crippen molar-refractivity contribution in [3.8, 4) is 0 Å². The highest BCUT2D eigenvalue weighted by Crippen LogP contribution is 2.36. The molecule has 0 amide bonds. The van der Waals surface area contributed by atoms with E-state index in [1.54, 1.807) is 0 Å². The molecular formula is C17H24FN3. The molecule has 0 bridgehead atoms. The monoisotopic (exact) mass is 289 g/mol. The molecule has 0 saturated carbocycles. The maximum absolute atomic E-state index is 13.2. The van der Waals surface area contributed by atoms with Crippen molar-refractivity contribution in [2.24, 2.45) is 0 Å². The van der Waals surface area contributed by atoms with Crippen LogP contribution in [0.25, 0.3) is 0 Å². The van der Waals surface area contributed by atoms with Gasteiger partial charge in [0.25, 0.3) is 0 Å². The number of imidazole rings is 1. The molecular weight excluding hydrogens is 265 g/mol. The predicted octanol–water partition coefficient (Wildman–Crippen LogP) is 3.67. The normalized spacial score (nSPS) is 13.4. The van der Waals surface area contributed by atoms with Crippen molar-refractivity contribution in [3.05, 3.63) is 53.9 Å². The maximum atomic E-state index is 13.2. The zero-order valence-electron chi connectivity index (χ0n) is 13.2. The second-order valence-electron chi connectivity index (χ2n) is 5.93. The zero-order chi connectivity index (χ0) is 15.5. The topological polar surface area (TPSA) is 29.9 Å². The van der Waals surface area contributed by atoms with Gasteiger partial charge in [-0.1, -0.05) is 32.9 Å². The minimum atomic E-state index is -0.206. The number of hydrogen-bond donors (Lipinski definition) is 1. The smallest absolute Gasteiger partial charge is 0.126 e. The summed E-state index contributed by atoms with van der Waals surface area (Å²) in [5, 5.41) is 3.38. The van der Waals surface area contributed by atoms with Crippen molar-refractivity contribution in [2.75, 3.05) is 7.05 Å². The number of nitrogens with one attached hydrogen (secondary N) is 1. The molecule has 1 aromatic carbocycles. The Bertz CT molecular complexity index is 572. The first-order valence-corrected chi connectivity index (χ1v) is 7.45. The van der Waals surface area contributed by atoms with E-state index >= 15 is 0 Å². The number of hydrogen-bond acceptors (Lipinski definition) is 2. The average molecular weight is 289 g/mol. The number of rotatable bonds is 6. The Morgan fingerprint density at radius 2 is 1.95 bits per heavy atom. The summed E-state index contributed by atoms with van der Waals surface area (Å²) in [6, 6.07) is 6.80. The zero-order valence-corrected chi connectivity index (χ0v) is 13.2. The minimum absolute atomic E-state index is 0.0597. The van der Waals surface area contributed by atoms with Crippen LogP contribution < -0.4 is 5.32 Å². The molecule has 2 aromatic rings. The first-order chi connectivity index (χ1) is 10.0. The summed E-state index contributed by atoms with van der Waals surface area (Å²) in [5.41, 5.74) is 0.897. The van der Waals surface area contributed by atoms with E-state index < -0.39 is 0 Å². The van der Waals surface area contributed by atoms with Gasteiger partial charge in [0.15, 0.2) is 0 Å². The Hall–Kier alpha value is -1.68. The Labute approximate surface area is 126 Å². The van der Waals surface area contributed by atoms with E-state index in [0.29, 0.717) is 0 Å². The van der Waals surface area contributed by atoms with E-state index in [-0.39, 0.29) is 17.3 Å². The van der Waals surface area contributed by atoms with Gasteiger partial charge in [-0.05, 0) is 31.2 Å². The summed E-state index contributed by atoms with van der Waals surface area (Å²) >= 11 is 0. The van der Waals surface area contributed by atoms with Crippen molar-refractivity contribution in [2.45, 2.75) is 45.2 Å². The number of likely N-dealkylation sites (N-methyl/N-ethyl adjacent to an activating group) is 1. The van der Waals surface area contributed by atoms with Gasteiger partial charge in [-0.15, -0.1) is 0 Å². The minimum Gasteiger partial charge on any atom is -0.334 e. The van der Waals surface area contributed by atoms with Crippen LogP contribution in [0.15, 0.2) is 36.7 Å². The Balaban J connectivity index is 2.39. The summed E-state index contributed by atoms with van der Waals surface area (Å²) < 4.78 is 15.4. The molecule has 1 N–H and O–H groups in total. The van der Waals surface area contributed by atoms with Crippen LogP contribution in [0.5, 0.6) is 0 Å². The van der Waals surface area contributed by atoms with E-state index in [4.69, 9.17) is 0 Å². The third-order valence-electron chi connectivity index (χ3n) is 4.07. The van der Waals surface area contributed by atoms with Crippen LogP contribution in [0.4, 0.5) is 4.39 Å². The fourth-order valence-electron chi connectivity index (χ4n) is 2.87. The van der Waals surface area contributed by atoms with Crippen molar-refractivity contribution in [1.29, 1.82) is 0 Å². The Kier molecular flexibility index (Phi) is 4.78. The highest BCUT2D eigenvalue weighted by molar-refractivity contribution is 5.28. The van der Waals surface area contributed by atoms with Crippen LogP contribution in [0.3, 0.4) is 0 Å². The van der Waals surface area contributed by atoms with E-state index in [1.807, 2.05) is 31.6 Å². The SMILES string of the molecule is CCCn1ccnc1C(NC)C(C)(C)c1ccc(F)cc1. The fourth-order valence-corrected chi connectivity index (χ4v) is 2.87. The van der Waals surface area contributed by atoms with Crippen LogP contribution in [0.2, 0.25) is 0 Å². The highest BCUT2D eigenvalue weighted by Gasteiger charge is 2.34. The Morgan fingerprint density at radius 3 is 2.52 bits per heavy atom. The van der Waals surface area contributed by atoms with E-state index in [2.05, 4.69) is 35.6 Å². The van der Waals surface area contributed by atoms with Gasteiger partial charge in [-0.3, -0.25) is 0 Å². The molecule has 0 spiro atoms. The summed E-state index contributed by atoms with van der Waals surface area (Å²) in [7, 11) is 1.95. The van der Waals surface area contributed by atoms with Gasteiger partial charge < -0.3 is 9.88 Å². The number of aryl methyl sites for hydroxylation is 1. The molecule has 1 heterocycles. The lowest BCUT2D eigenvalue weighted by Crippen LogP contribution is -2.37. The molecule has 0 fully saturated rings. The maximum Gasteiger partial charge on any atom is 0.126 e. The second-order valence-corrected chi connectivity index (χ2v) is 5.93. The van der Waals surface area contributed by atoms with Crippen LogP contribution in [-0.4, -0.2) is 16.6 Å². The molecule has 21 heavy (non-hydrogen) atoms. The molecule has 1 atom stereocenters. The number of nitrogens with zero attached hydrogens (tertiary/aromatic N) is 2. The van der Waals surface area contributed by atoms with Gasteiger partial charge in [0.2, 0.25) is 0 Å². The lowest BCUT2D eigenvalue weighted by Gasteiger charge is -2.34. The van der Waals surface area contributed by atoms with Gasteiger partial charge in [-0.2, -0.15) is 0 Å². The van der Waals surface area contributed by atoms with Gasteiger partial charge in [0, 0.05) is 24.4 Å². The molecule has 0 radical (unpaired) electrons. The summed E-state index contributed by atoms with van der Waals surface area (Å²) in [6.07, 6.45) is 4.93. The van der Waals surface area contributed by atoms with Crippen LogP contribution in [0.1, 0.15) is 44.6 Å². The van der Waals surface area contributed by atoms with Crippen LogP contribution >= 0.6 is 0 Å². The first-order valence-electron chi connectivity index (χ1n) is 7.45. The number of benzene rings is 1. The number of aromatic nitrogens is 2. The van der Waals surface area contributed by atoms with Gasteiger partial charge >= 0.3 is 0 Å². The predicted molar refractivity (Wildman–Crippen MR) is 83.7 cm³/mol. The quantitative estimate of drug-likeness (QED) is 0.879. The van der Waals surface area contributed by atoms with Crippen molar-refractivity contribution in [1.82, 2.24) is 14.9 Å². The van der Waals surface area contributed by atoms with Gasteiger partial charge in [-0.25, -0.2) is 9.37 Å². The lowest BCUT2D eigenvalue weighted by molar-refractivity contribution is 0.342. The summed E-state index contributed by atoms with van der Waals surface area (Å²) in [5.74, 6) is 0.816. The molecule has 0 aliphatic heterocycles. The molecule has 3 nitrogen and oxygen atoms in total. The molecule has 1 unspecified atom stereocenters. The third kappa shape index (κ3) is 3.16. The van der Waals surface area contributed by atoms with Gasteiger partial charge in [0.1, 0.15) is 11.6 Å². The third-order valence-corrected chi connectivity index (χ3v) is 4.07. The van der Waals surface area contributed by atoms with Crippen LogP contribution in [-0.2, 0) is 12.0 Å². The molecule has 0 saturated heterocycles. The lowest BCUT2D eigenvalue weighted by atomic mass is 9.77. The van der Waals surface area contributed by atoms with Gasteiger partial charge in [0.05, 0.1) is 6.04 Å². The van der Waals surface area contributed by atoms with E-state index in [1.165, 1.54) is 12.1 Å². The van der Waals surface area contributed by atoms with E-state index in [9.17, 15) is 4.39 Å². The average Bonchev–Trinajstić information content (AvgIpc) is 2.88. The summed E-state index contributed by atoms with van der Waals surface area (Å²) in [6.45, 7) is 7.43. The second kappa shape index (κ2) is 6.39. The number of halogens is 1. The molecule has 4 heteroatoms. The largest absolute Gasteiger partial charge is 0.334 e. The van der Waals surface area contributed by atoms with Crippen molar-refractivity contribution >= 4 is 0 Å². The molecule has 2 rings (SSSR count). The van der Waals surface area contributed by atoms with Crippen LogP contribution in [0, 0.1) is 5.82 Å². The van der Waals surface area contributed by atoms with Crippen molar-refractivity contribution < 1.29 is 4.39 Å². The molecule has 1 aromatic heterocycles. The Morgan fingerprint density at radius 1 is 1.29 bits per heavy atom. The first kappa shape index (κ1) is 15.7. The standard InChI is InChI=1S/C17H24FN3/c1-5-11-21-12-10-20-16(21)15(19-4)17(2,3)13-6-8-14(18)9-7-13/h6-10,12,15,19H,5,11H2,1-4H3. The van der Waals surface area contributed by atoms with E-state index in [0.717, 1.165) is 24.4 Å². The molecule has 114 valence electrons. The molecule has 0 aliphatic rings. The van der Waals surface area contributed by atoms with Crippen molar-refractivity contribution in [3.63, 3.8) is 0 Å². The fraction of sp³-hybridized carbons (Fsp3) is 0.471. The highest BCUT2D eigenvalue weighted by atomic mass is 19.1. The molecule has 0 aliphatic carbocycles. The summed E-state index contributed by atoms with van der Waals surface area (Å²) in [4.78, 5) is 4.54.